The van der Waals surface area contributed by atoms with Crippen molar-refractivity contribution in [3.8, 4) is 11.5 Å². The van der Waals surface area contributed by atoms with Crippen LogP contribution in [0.5, 0.6) is 11.5 Å². The van der Waals surface area contributed by atoms with E-state index in [0.717, 1.165) is 0 Å². The summed E-state index contributed by atoms with van der Waals surface area (Å²) in [6.45, 7) is -3.19. The van der Waals surface area contributed by atoms with E-state index in [4.69, 9.17) is 4.74 Å². The Morgan fingerprint density at radius 3 is 2.73 bits per heavy atom. The number of hydrogen-bond acceptors (Lipinski definition) is 5. The van der Waals surface area contributed by atoms with E-state index in [0.29, 0.717) is 12.0 Å². The topological polar surface area (TPSA) is 76.1 Å². The Morgan fingerprint density at radius 1 is 1.41 bits per heavy atom. The lowest BCUT2D eigenvalue weighted by atomic mass is 10.1. The summed E-state index contributed by atoms with van der Waals surface area (Å²) in [5.41, 5.74) is 0.558. The number of ether oxygens (including phenoxy) is 2. The van der Waals surface area contributed by atoms with Gasteiger partial charge >= 0.3 is 6.61 Å². The number of alkyl halides is 2. The lowest BCUT2D eigenvalue weighted by molar-refractivity contribution is -0.0512. The molecule has 124 valence electrons. The zero-order valence-electron chi connectivity index (χ0n) is 11.9. The van der Waals surface area contributed by atoms with Crippen molar-refractivity contribution in [1.29, 1.82) is 0 Å². The van der Waals surface area contributed by atoms with Crippen LogP contribution in [0.25, 0.3) is 0 Å². The molecule has 0 radical (unpaired) electrons. The van der Waals surface area contributed by atoms with Crippen LogP contribution in [0.1, 0.15) is 12.0 Å². The van der Waals surface area contributed by atoms with Crippen molar-refractivity contribution in [3.05, 3.63) is 23.8 Å². The molecule has 0 bridgehead atoms. The zero-order chi connectivity index (χ0) is 16.3. The van der Waals surface area contributed by atoms with E-state index in [1.807, 2.05) is 0 Å². The summed E-state index contributed by atoms with van der Waals surface area (Å²) in [7, 11) is -2.11. The summed E-state index contributed by atoms with van der Waals surface area (Å²) in [6.07, 6.45) is 0.364. The highest BCUT2D eigenvalue weighted by Gasteiger charge is 2.36. The van der Waals surface area contributed by atoms with Gasteiger partial charge in [-0.05, 0) is 24.1 Å². The number of nitrogens with zero attached hydrogens (tertiary/aromatic N) is 1. The summed E-state index contributed by atoms with van der Waals surface area (Å²) in [5.74, 6) is -0.0405. The first-order chi connectivity index (χ1) is 10.4. The molecule has 0 aromatic heterocycles. The van der Waals surface area contributed by atoms with Crippen LogP contribution in [0, 0.1) is 0 Å². The number of aliphatic hydroxyl groups excluding tert-OH is 1. The van der Waals surface area contributed by atoms with Crippen molar-refractivity contribution in [2.75, 3.05) is 19.5 Å². The van der Waals surface area contributed by atoms with Crippen LogP contribution in [0.4, 0.5) is 8.78 Å². The first-order valence-electron chi connectivity index (χ1n) is 6.59. The van der Waals surface area contributed by atoms with Crippen LogP contribution < -0.4 is 9.47 Å². The van der Waals surface area contributed by atoms with Crippen LogP contribution in [0.2, 0.25) is 0 Å². The Bertz CT molecular complexity index is 623. The lowest BCUT2D eigenvalue weighted by Gasteiger charge is -2.21. The number of methoxy groups -OCH3 is 1. The molecule has 2 rings (SSSR count). The van der Waals surface area contributed by atoms with Gasteiger partial charge < -0.3 is 14.6 Å². The van der Waals surface area contributed by atoms with Crippen LogP contribution in [0.15, 0.2) is 18.2 Å². The average Bonchev–Trinajstić information content (AvgIpc) is 2.75. The minimum Gasteiger partial charge on any atom is -0.493 e. The molecule has 1 unspecified atom stereocenters. The van der Waals surface area contributed by atoms with Crippen molar-refractivity contribution in [2.45, 2.75) is 25.6 Å². The highest BCUT2D eigenvalue weighted by Crippen LogP contribution is 2.31. The Balaban J connectivity index is 2.22. The molecule has 1 heterocycles. The third-order valence-corrected chi connectivity index (χ3v) is 5.36. The number of rotatable bonds is 6. The normalized spacial score (nSPS) is 21.2. The molecule has 0 amide bonds. The van der Waals surface area contributed by atoms with Gasteiger partial charge in [0.15, 0.2) is 11.5 Å². The summed E-state index contributed by atoms with van der Waals surface area (Å²) in [6, 6.07) is 3.77. The third-order valence-electron chi connectivity index (χ3n) is 3.47. The summed E-state index contributed by atoms with van der Waals surface area (Å²) in [4.78, 5) is 0. The monoisotopic (exact) mass is 337 g/mol. The fourth-order valence-corrected chi connectivity index (χ4v) is 4.14. The molecule has 0 aliphatic carbocycles. The molecule has 1 aliphatic rings. The molecule has 1 N–H and O–H groups in total. The van der Waals surface area contributed by atoms with Crippen LogP contribution in [0.3, 0.4) is 0 Å². The second kappa shape index (κ2) is 6.76. The molecular formula is C13H17F2NO5S. The number of aliphatic hydroxyl groups is 1. The van der Waals surface area contributed by atoms with Crippen LogP contribution >= 0.6 is 0 Å². The van der Waals surface area contributed by atoms with Gasteiger partial charge in [-0.25, -0.2) is 8.42 Å². The first-order valence-corrected chi connectivity index (χ1v) is 8.20. The van der Waals surface area contributed by atoms with Gasteiger partial charge in [-0.15, -0.1) is 0 Å². The van der Waals surface area contributed by atoms with Gasteiger partial charge in [0, 0.05) is 12.6 Å². The first kappa shape index (κ1) is 16.9. The van der Waals surface area contributed by atoms with E-state index >= 15 is 0 Å². The maximum atomic E-state index is 12.3. The largest absolute Gasteiger partial charge is 0.493 e. The average molecular weight is 337 g/mol. The molecule has 9 heteroatoms. The van der Waals surface area contributed by atoms with Gasteiger partial charge in [0.25, 0.3) is 0 Å². The highest BCUT2D eigenvalue weighted by molar-refractivity contribution is 7.89. The van der Waals surface area contributed by atoms with E-state index in [-0.39, 0.29) is 30.4 Å². The van der Waals surface area contributed by atoms with Crippen molar-refractivity contribution in [3.63, 3.8) is 0 Å². The van der Waals surface area contributed by atoms with E-state index in [2.05, 4.69) is 4.74 Å². The third kappa shape index (κ3) is 3.65. The molecule has 6 nitrogen and oxygen atoms in total. The number of sulfonamides is 1. The van der Waals surface area contributed by atoms with Gasteiger partial charge in [-0.1, -0.05) is 6.07 Å². The lowest BCUT2D eigenvalue weighted by Crippen LogP contribution is -2.34. The van der Waals surface area contributed by atoms with E-state index in [1.54, 1.807) is 0 Å². The van der Waals surface area contributed by atoms with E-state index in [9.17, 15) is 22.3 Å². The fraction of sp³-hybridized carbons (Fsp3) is 0.538. The number of benzene rings is 1. The zero-order valence-corrected chi connectivity index (χ0v) is 12.7. The second-order valence-corrected chi connectivity index (χ2v) is 6.89. The molecule has 1 aromatic carbocycles. The predicted molar refractivity (Wildman–Crippen MR) is 74.4 cm³/mol. The maximum Gasteiger partial charge on any atom is 0.387 e. The van der Waals surface area contributed by atoms with Crippen LogP contribution in [-0.2, 0) is 16.6 Å². The van der Waals surface area contributed by atoms with Gasteiger partial charge in [-0.3, -0.25) is 0 Å². The molecule has 1 atom stereocenters. The molecular weight excluding hydrogens is 320 g/mol. The van der Waals surface area contributed by atoms with Gasteiger partial charge in [0.1, 0.15) is 0 Å². The summed E-state index contributed by atoms with van der Waals surface area (Å²) >= 11 is 0. The van der Waals surface area contributed by atoms with E-state index < -0.39 is 22.7 Å². The molecule has 1 aromatic rings. The Hall–Kier alpha value is -1.45. The van der Waals surface area contributed by atoms with Crippen molar-refractivity contribution in [1.82, 2.24) is 4.31 Å². The van der Waals surface area contributed by atoms with Gasteiger partial charge in [0.05, 0.1) is 19.5 Å². The van der Waals surface area contributed by atoms with Crippen molar-refractivity contribution >= 4 is 10.0 Å². The minimum atomic E-state index is -3.41. The second-order valence-electron chi connectivity index (χ2n) is 4.85. The molecule has 0 spiro atoms. The Kier molecular flexibility index (Phi) is 5.20. The summed E-state index contributed by atoms with van der Waals surface area (Å²) < 4.78 is 59.0. The minimum absolute atomic E-state index is 0.0120. The Labute approximate surface area is 127 Å². The molecule has 1 aliphatic heterocycles. The van der Waals surface area contributed by atoms with Gasteiger partial charge in [0.2, 0.25) is 10.0 Å². The standard InChI is InChI=1S/C13H17F2NO5S/c1-20-12-6-9(2-3-11(12)21-13(14)15)7-16-10(8-17)4-5-22(16,18)19/h2-3,6,10,13,17H,4-5,7-8H2,1H3. The van der Waals surface area contributed by atoms with Gasteiger partial charge in [-0.2, -0.15) is 13.1 Å². The van der Waals surface area contributed by atoms with Crippen LogP contribution in [-0.4, -0.2) is 50.0 Å². The Morgan fingerprint density at radius 2 is 2.14 bits per heavy atom. The number of halogens is 2. The van der Waals surface area contributed by atoms with Crippen molar-refractivity contribution in [2.24, 2.45) is 0 Å². The summed E-state index contributed by atoms with van der Waals surface area (Å²) in [5, 5.41) is 9.26. The molecule has 22 heavy (non-hydrogen) atoms. The highest BCUT2D eigenvalue weighted by atomic mass is 32.2. The fourth-order valence-electron chi connectivity index (χ4n) is 2.37. The molecule has 0 saturated carbocycles. The van der Waals surface area contributed by atoms with E-state index in [1.165, 1.54) is 29.6 Å². The molecule has 1 fully saturated rings. The SMILES string of the molecule is COc1cc(CN2C(CO)CCS2(=O)=O)ccc1OC(F)F. The maximum absolute atomic E-state index is 12.3. The quantitative estimate of drug-likeness (QED) is 0.844. The van der Waals surface area contributed by atoms with Crippen molar-refractivity contribution < 1.29 is 31.8 Å². The smallest absolute Gasteiger partial charge is 0.387 e. The molecule has 1 saturated heterocycles. The number of hydrogen-bond donors (Lipinski definition) is 1. The predicted octanol–water partition coefficient (Wildman–Crippen LogP) is 1.19.